The summed E-state index contributed by atoms with van der Waals surface area (Å²) in [6.07, 6.45) is 2.33. The van der Waals surface area contributed by atoms with Crippen LogP contribution < -0.4 is 0 Å². The van der Waals surface area contributed by atoms with Crippen molar-refractivity contribution in [1.29, 1.82) is 0 Å². The van der Waals surface area contributed by atoms with Gasteiger partial charge in [-0.05, 0) is 37.5 Å². The normalized spacial score (nSPS) is 11.9. The molecule has 2 rings (SSSR count). The lowest BCUT2D eigenvalue weighted by molar-refractivity contribution is -0.148. The lowest BCUT2D eigenvalue weighted by atomic mass is 10.1. The highest BCUT2D eigenvalue weighted by atomic mass is 32.2. The van der Waals surface area contributed by atoms with E-state index in [-0.39, 0.29) is 18.1 Å². The van der Waals surface area contributed by atoms with Gasteiger partial charge >= 0.3 is 5.97 Å². The van der Waals surface area contributed by atoms with E-state index >= 15 is 0 Å². The van der Waals surface area contributed by atoms with E-state index in [1.807, 2.05) is 25.3 Å². The summed E-state index contributed by atoms with van der Waals surface area (Å²) in [5.41, 5.74) is 2.82. The van der Waals surface area contributed by atoms with Crippen molar-refractivity contribution < 1.29 is 19.5 Å². The van der Waals surface area contributed by atoms with Crippen LogP contribution in [0.4, 0.5) is 0 Å². The smallest absolute Gasteiger partial charge is 0.326 e. The fraction of sp³-hybridized carbons (Fsp3) is 0.381. The Kier molecular flexibility index (Phi) is 7.45. The van der Waals surface area contributed by atoms with Crippen LogP contribution in [0.3, 0.4) is 0 Å². The Balaban J connectivity index is 2.14. The van der Waals surface area contributed by atoms with Crippen LogP contribution in [0.15, 0.2) is 36.4 Å². The number of aromatic nitrogens is 1. The number of aliphatic carboxylic acids is 1. The van der Waals surface area contributed by atoms with Crippen LogP contribution in [0.1, 0.15) is 33.7 Å². The Bertz CT molecular complexity index is 858. The first-order valence-electron chi connectivity index (χ1n) is 8.99. The van der Waals surface area contributed by atoms with Crippen molar-refractivity contribution in [3.8, 4) is 0 Å². The average molecular weight is 403 g/mol. The van der Waals surface area contributed by atoms with Crippen molar-refractivity contribution in [2.45, 2.75) is 25.8 Å². The van der Waals surface area contributed by atoms with Crippen LogP contribution in [0.5, 0.6) is 0 Å². The van der Waals surface area contributed by atoms with Crippen molar-refractivity contribution in [2.24, 2.45) is 7.05 Å². The highest BCUT2D eigenvalue weighted by Crippen LogP contribution is 2.16. The highest BCUT2D eigenvalue weighted by molar-refractivity contribution is 7.98. The first-order valence-corrected chi connectivity index (χ1v) is 10.4. The Labute approximate surface area is 169 Å². The van der Waals surface area contributed by atoms with Gasteiger partial charge in [0.05, 0.1) is 12.1 Å². The summed E-state index contributed by atoms with van der Waals surface area (Å²) in [7, 11) is 3.26. The standard InChI is InChI=1S/C21H26N2O4S/c1-14-5-7-15(8-6-14)20(25)17-10-9-16(22(17)2)13-19(24)23(3)18(21(26)27)11-12-28-4/h5-10,18H,11-13H2,1-4H3,(H,26,27)/t18-/m0/s1. The van der Waals surface area contributed by atoms with Crippen molar-refractivity contribution in [3.63, 3.8) is 0 Å². The molecule has 0 fully saturated rings. The molecule has 0 saturated carbocycles. The molecule has 150 valence electrons. The third-order valence-corrected chi connectivity index (χ3v) is 5.49. The van der Waals surface area contributed by atoms with E-state index in [1.54, 1.807) is 47.6 Å². The number of hydrogen-bond donors (Lipinski definition) is 1. The second kappa shape index (κ2) is 9.59. The summed E-state index contributed by atoms with van der Waals surface area (Å²) in [6, 6.07) is 9.93. The summed E-state index contributed by atoms with van der Waals surface area (Å²) in [5, 5.41) is 9.41. The number of hydrogen-bond acceptors (Lipinski definition) is 4. The molecule has 6 nitrogen and oxygen atoms in total. The largest absolute Gasteiger partial charge is 0.480 e. The summed E-state index contributed by atoms with van der Waals surface area (Å²) in [5.74, 6) is -0.748. The molecule has 1 aromatic heterocycles. The van der Waals surface area contributed by atoms with Gasteiger partial charge in [-0.2, -0.15) is 11.8 Å². The van der Waals surface area contributed by atoms with Crippen LogP contribution in [-0.2, 0) is 23.1 Å². The topological polar surface area (TPSA) is 79.6 Å². The summed E-state index contributed by atoms with van der Waals surface area (Å²) < 4.78 is 1.70. The van der Waals surface area contributed by atoms with Crippen LogP contribution in [0.2, 0.25) is 0 Å². The Morgan fingerprint density at radius 1 is 1.14 bits per heavy atom. The van der Waals surface area contributed by atoms with Crippen molar-refractivity contribution >= 4 is 29.4 Å². The number of carbonyl (C=O) groups is 3. The van der Waals surface area contributed by atoms with Gasteiger partial charge in [0.1, 0.15) is 6.04 Å². The fourth-order valence-corrected chi connectivity index (χ4v) is 3.44. The predicted octanol–water partition coefficient (Wildman–Crippen LogP) is 2.77. The Morgan fingerprint density at radius 3 is 2.36 bits per heavy atom. The first-order chi connectivity index (χ1) is 13.3. The molecular weight excluding hydrogens is 376 g/mol. The average Bonchev–Trinajstić information content (AvgIpc) is 3.02. The van der Waals surface area contributed by atoms with Crippen molar-refractivity contribution in [1.82, 2.24) is 9.47 Å². The number of carboxylic acids is 1. The lowest BCUT2D eigenvalue weighted by Gasteiger charge is -2.25. The maximum atomic E-state index is 12.7. The molecule has 28 heavy (non-hydrogen) atoms. The highest BCUT2D eigenvalue weighted by Gasteiger charge is 2.27. The minimum atomic E-state index is -1.01. The molecule has 0 aliphatic rings. The monoisotopic (exact) mass is 402 g/mol. The zero-order valence-electron chi connectivity index (χ0n) is 16.6. The molecular formula is C21H26N2O4S. The minimum Gasteiger partial charge on any atom is -0.480 e. The van der Waals surface area contributed by atoms with E-state index in [0.29, 0.717) is 29.1 Å². The number of carbonyl (C=O) groups excluding carboxylic acids is 2. The second-order valence-electron chi connectivity index (χ2n) is 6.78. The van der Waals surface area contributed by atoms with Crippen molar-refractivity contribution in [2.75, 3.05) is 19.1 Å². The van der Waals surface area contributed by atoms with Gasteiger partial charge in [-0.25, -0.2) is 4.79 Å². The Hall–Kier alpha value is -2.54. The van der Waals surface area contributed by atoms with Gasteiger partial charge in [0.25, 0.3) is 0 Å². The van der Waals surface area contributed by atoms with E-state index in [1.165, 1.54) is 11.9 Å². The van der Waals surface area contributed by atoms with Gasteiger partial charge in [0, 0.05) is 25.4 Å². The molecule has 7 heteroatoms. The molecule has 2 aromatic rings. The van der Waals surface area contributed by atoms with Gasteiger partial charge < -0.3 is 14.6 Å². The second-order valence-corrected chi connectivity index (χ2v) is 7.77. The van der Waals surface area contributed by atoms with Gasteiger partial charge in [-0.1, -0.05) is 29.8 Å². The molecule has 1 amide bonds. The number of ketones is 1. The quantitative estimate of drug-likeness (QED) is 0.653. The van der Waals surface area contributed by atoms with Gasteiger partial charge in [-0.15, -0.1) is 0 Å². The third-order valence-electron chi connectivity index (χ3n) is 4.85. The molecule has 0 spiro atoms. The van der Waals surface area contributed by atoms with Crippen LogP contribution in [-0.4, -0.2) is 57.3 Å². The molecule has 0 bridgehead atoms. The molecule has 1 atom stereocenters. The molecule has 0 radical (unpaired) electrons. The number of likely N-dealkylation sites (N-methyl/N-ethyl adjacent to an activating group) is 1. The molecule has 1 N–H and O–H groups in total. The van der Waals surface area contributed by atoms with Crippen LogP contribution in [0.25, 0.3) is 0 Å². The van der Waals surface area contributed by atoms with Gasteiger partial charge in [0.15, 0.2) is 0 Å². The predicted molar refractivity (Wildman–Crippen MR) is 111 cm³/mol. The number of benzene rings is 1. The number of nitrogens with zero attached hydrogens (tertiary/aromatic N) is 2. The van der Waals surface area contributed by atoms with E-state index in [0.717, 1.165) is 5.56 Å². The van der Waals surface area contributed by atoms with Crippen molar-refractivity contribution in [3.05, 3.63) is 58.9 Å². The third kappa shape index (κ3) is 5.04. The number of rotatable bonds is 9. The maximum Gasteiger partial charge on any atom is 0.326 e. The Morgan fingerprint density at radius 2 is 1.79 bits per heavy atom. The molecule has 0 aliphatic carbocycles. The fourth-order valence-electron chi connectivity index (χ4n) is 2.98. The number of amides is 1. The molecule has 0 unspecified atom stereocenters. The SMILES string of the molecule is CSCC[C@@H](C(=O)O)N(C)C(=O)Cc1ccc(C(=O)c2ccc(C)cc2)n1C. The summed E-state index contributed by atoms with van der Waals surface area (Å²) >= 11 is 1.55. The zero-order chi connectivity index (χ0) is 20.8. The van der Waals surface area contributed by atoms with E-state index in [4.69, 9.17) is 0 Å². The van der Waals surface area contributed by atoms with E-state index in [2.05, 4.69) is 0 Å². The molecule has 0 aliphatic heterocycles. The van der Waals surface area contributed by atoms with E-state index in [9.17, 15) is 19.5 Å². The zero-order valence-corrected chi connectivity index (χ0v) is 17.5. The van der Waals surface area contributed by atoms with E-state index < -0.39 is 12.0 Å². The maximum absolute atomic E-state index is 12.7. The molecule has 1 heterocycles. The number of aryl methyl sites for hydroxylation is 1. The number of thioether (sulfide) groups is 1. The minimum absolute atomic E-state index is 0.0389. The molecule has 0 saturated heterocycles. The van der Waals surface area contributed by atoms with Gasteiger partial charge in [-0.3, -0.25) is 9.59 Å². The number of carboxylic acid groups (broad SMARTS) is 1. The van der Waals surface area contributed by atoms with Crippen LogP contribution in [0, 0.1) is 6.92 Å². The molecule has 1 aromatic carbocycles. The summed E-state index contributed by atoms with van der Waals surface area (Å²) in [6.45, 7) is 1.96. The van der Waals surface area contributed by atoms with Crippen LogP contribution >= 0.6 is 11.8 Å². The summed E-state index contributed by atoms with van der Waals surface area (Å²) in [4.78, 5) is 38.1. The van der Waals surface area contributed by atoms with Gasteiger partial charge in [0.2, 0.25) is 11.7 Å². The first kappa shape index (κ1) is 21.8. The lowest BCUT2D eigenvalue weighted by Crippen LogP contribution is -2.43.